The van der Waals surface area contributed by atoms with Crippen LogP contribution < -0.4 is 5.73 Å². The zero-order valence-corrected chi connectivity index (χ0v) is 12.1. The molecule has 1 saturated heterocycles. The predicted molar refractivity (Wildman–Crippen MR) is 79.8 cm³/mol. The maximum atomic E-state index is 12.8. The van der Waals surface area contributed by atoms with Gasteiger partial charge in [-0.25, -0.2) is 0 Å². The second-order valence-electron chi connectivity index (χ2n) is 5.46. The van der Waals surface area contributed by atoms with Gasteiger partial charge in [-0.2, -0.15) is 0 Å². The third kappa shape index (κ3) is 2.69. The smallest absolute Gasteiger partial charge is 0.259 e. The molecule has 1 fully saturated rings. The lowest BCUT2D eigenvalue weighted by atomic mass is 10.0. The Labute approximate surface area is 123 Å². The number of piperidine rings is 1. The summed E-state index contributed by atoms with van der Waals surface area (Å²) in [5.41, 5.74) is 7.98. The molecule has 5 nitrogen and oxygen atoms in total. The standard InChI is InChI=1S/C16H19N3O2/c1-11-14(16(20)19-9-7-13(17)8-10-19)15(18-21-11)12-5-3-2-4-6-12/h2-6,13H,7-10,17H2,1H3. The predicted octanol–water partition coefficient (Wildman–Crippen LogP) is 2.21. The maximum Gasteiger partial charge on any atom is 0.259 e. The van der Waals surface area contributed by atoms with Gasteiger partial charge in [0.25, 0.3) is 5.91 Å². The first-order chi connectivity index (χ1) is 10.2. The summed E-state index contributed by atoms with van der Waals surface area (Å²) in [6, 6.07) is 9.84. The monoisotopic (exact) mass is 285 g/mol. The highest BCUT2D eigenvalue weighted by atomic mass is 16.5. The molecule has 110 valence electrons. The number of carbonyl (C=O) groups excluding carboxylic acids is 1. The molecule has 0 unspecified atom stereocenters. The quantitative estimate of drug-likeness (QED) is 0.918. The number of hydrogen-bond acceptors (Lipinski definition) is 4. The maximum absolute atomic E-state index is 12.8. The topological polar surface area (TPSA) is 72.4 Å². The molecule has 0 bridgehead atoms. The molecule has 2 aromatic rings. The van der Waals surface area contributed by atoms with Crippen LogP contribution in [0.25, 0.3) is 11.3 Å². The Morgan fingerprint density at radius 3 is 2.62 bits per heavy atom. The van der Waals surface area contributed by atoms with Crippen molar-refractivity contribution in [2.24, 2.45) is 5.73 Å². The minimum Gasteiger partial charge on any atom is -0.360 e. The van der Waals surface area contributed by atoms with Gasteiger partial charge >= 0.3 is 0 Å². The van der Waals surface area contributed by atoms with Gasteiger partial charge in [0, 0.05) is 24.7 Å². The van der Waals surface area contributed by atoms with E-state index in [0.717, 1.165) is 18.4 Å². The molecule has 0 aliphatic carbocycles. The van der Waals surface area contributed by atoms with Crippen molar-refractivity contribution in [3.63, 3.8) is 0 Å². The van der Waals surface area contributed by atoms with E-state index >= 15 is 0 Å². The number of benzene rings is 1. The van der Waals surface area contributed by atoms with Crippen molar-refractivity contribution >= 4 is 5.91 Å². The van der Waals surface area contributed by atoms with Gasteiger partial charge in [-0.1, -0.05) is 35.5 Å². The second kappa shape index (κ2) is 5.69. The molecule has 5 heteroatoms. The lowest BCUT2D eigenvalue weighted by Gasteiger charge is -2.30. The summed E-state index contributed by atoms with van der Waals surface area (Å²) in [5, 5.41) is 4.07. The Morgan fingerprint density at radius 1 is 1.29 bits per heavy atom. The summed E-state index contributed by atoms with van der Waals surface area (Å²) < 4.78 is 5.26. The Morgan fingerprint density at radius 2 is 1.95 bits per heavy atom. The van der Waals surface area contributed by atoms with Crippen molar-refractivity contribution < 1.29 is 9.32 Å². The molecular weight excluding hydrogens is 266 g/mol. The van der Waals surface area contributed by atoms with Crippen molar-refractivity contribution in [3.05, 3.63) is 41.7 Å². The number of amides is 1. The summed E-state index contributed by atoms with van der Waals surface area (Å²) in [6.45, 7) is 3.17. The molecule has 1 aliphatic heterocycles. The average Bonchev–Trinajstić information content (AvgIpc) is 2.90. The van der Waals surface area contributed by atoms with Gasteiger partial charge in [0.05, 0.1) is 0 Å². The Kier molecular flexibility index (Phi) is 3.75. The lowest BCUT2D eigenvalue weighted by molar-refractivity contribution is 0.0713. The first-order valence-electron chi connectivity index (χ1n) is 7.23. The minimum atomic E-state index is -0.0143. The van der Waals surface area contributed by atoms with Crippen LogP contribution in [0, 0.1) is 6.92 Å². The highest BCUT2D eigenvalue weighted by Crippen LogP contribution is 2.27. The second-order valence-corrected chi connectivity index (χ2v) is 5.46. The largest absolute Gasteiger partial charge is 0.360 e. The van der Waals surface area contributed by atoms with E-state index in [2.05, 4.69) is 5.16 Å². The zero-order chi connectivity index (χ0) is 14.8. The van der Waals surface area contributed by atoms with E-state index in [1.54, 1.807) is 6.92 Å². The number of nitrogens with zero attached hydrogens (tertiary/aromatic N) is 2. The third-order valence-electron chi connectivity index (χ3n) is 3.95. The first-order valence-corrected chi connectivity index (χ1v) is 7.23. The molecule has 1 aromatic carbocycles. The molecule has 0 radical (unpaired) electrons. The van der Waals surface area contributed by atoms with Crippen LogP contribution in [0.1, 0.15) is 29.0 Å². The molecule has 1 aliphatic rings. The Hall–Kier alpha value is -2.14. The van der Waals surface area contributed by atoms with Gasteiger partial charge in [-0.15, -0.1) is 0 Å². The van der Waals surface area contributed by atoms with Gasteiger partial charge in [0.15, 0.2) is 0 Å². The molecule has 2 N–H and O–H groups in total. The number of carbonyl (C=O) groups is 1. The summed E-state index contributed by atoms with van der Waals surface area (Å²) in [7, 11) is 0. The van der Waals surface area contributed by atoms with Gasteiger partial charge in [-0.05, 0) is 19.8 Å². The fourth-order valence-electron chi connectivity index (χ4n) is 2.68. The van der Waals surface area contributed by atoms with Crippen LogP contribution in [0.3, 0.4) is 0 Å². The van der Waals surface area contributed by atoms with Crippen LogP contribution >= 0.6 is 0 Å². The number of rotatable bonds is 2. The summed E-state index contributed by atoms with van der Waals surface area (Å²) in [6.07, 6.45) is 1.69. The van der Waals surface area contributed by atoms with Crippen molar-refractivity contribution in [3.8, 4) is 11.3 Å². The third-order valence-corrected chi connectivity index (χ3v) is 3.95. The van der Waals surface area contributed by atoms with E-state index in [0.29, 0.717) is 30.1 Å². The molecule has 21 heavy (non-hydrogen) atoms. The molecule has 0 saturated carbocycles. The Bertz CT molecular complexity index is 628. The number of aryl methyl sites for hydroxylation is 1. The number of aromatic nitrogens is 1. The van der Waals surface area contributed by atoms with Gasteiger partial charge in [0.2, 0.25) is 0 Å². The van der Waals surface area contributed by atoms with Crippen molar-refractivity contribution in [2.45, 2.75) is 25.8 Å². The van der Waals surface area contributed by atoms with Crippen LogP contribution in [-0.4, -0.2) is 35.1 Å². The van der Waals surface area contributed by atoms with Crippen molar-refractivity contribution in [2.75, 3.05) is 13.1 Å². The average molecular weight is 285 g/mol. The highest BCUT2D eigenvalue weighted by Gasteiger charge is 2.28. The van der Waals surface area contributed by atoms with E-state index in [4.69, 9.17) is 10.3 Å². The van der Waals surface area contributed by atoms with Crippen LogP contribution in [0.2, 0.25) is 0 Å². The van der Waals surface area contributed by atoms with Crippen LogP contribution in [0.5, 0.6) is 0 Å². The van der Waals surface area contributed by atoms with Gasteiger partial charge in [0.1, 0.15) is 17.0 Å². The minimum absolute atomic E-state index is 0.0143. The van der Waals surface area contributed by atoms with E-state index in [1.165, 1.54) is 0 Å². The highest BCUT2D eigenvalue weighted by molar-refractivity contribution is 6.00. The van der Waals surface area contributed by atoms with Gasteiger partial charge < -0.3 is 15.2 Å². The first kappa shape index (κ1) is 13.8. The molecule has 1 aromatic heterocycles. The molecule has 2 heterocycles. The molecule has 0 spiro atoms. The summed E-state index contributed by atoms with van der Waals surface area (Å²) >= 11 is 0. The van der Waals surface area contributed by atoms with Crippen molar-refractivity contribution in [1.82, 2.24) is 10.1 Å². The van der Waals surface area contributed by atoms with Crippen LogP contribution in [0.4, 0.5) is 0 Å². The molecule has 1 amide bonds. The Balaban J connectivity index is 1.92. The van der Waals surface area contributed by atoms with E-state index in [9.17, 15) is 4.79 Å². The van der Waals surface area contributed by atoms with E-state index in [1.807, 2.05) is 35.2 Å². The lowest BCUT2D eigenvalue weighted by Crippen LogP contribution is -2.43. The number of nitrogens with two attached hydrogens (primary N) is 1. The zero-order valence-electron chi connectivity index (χ0n) is 12.1. The molecule has 0 atom stereocenters. The normalized spacial score (nSPS) is 16.2. The van der Waals surface area contributed by atoms with E-state index in [-0.39, 0.29) is 11.9 Å². The van der Waals surface area contributed by atoms with Crippen LogP contribution in [0.15, 0.2) is 34.9 Å². The fourth-order valence-corrected chi connectivity index (χ4v) is 2.68. The van der Waals surface area contributed by atoms with Crippen LogP contribution in [-0.2, 0) is 0 Å². The summed E-state index contributed by atoms with van der Waals surface area (Å²) in [5.74, 6) is 0.549. The molecule has 3 rings (SSSR count). The number of likely N-dealkylation sites (tertiary alicyclic amines) is 1. The molecular formula is C16H19N3O2. The SMILES string of the molecule is Cc1onc(-c2ccccc2)c1C(=O)N1CCC(N)CC1. The van der Waals surface area contributed by atoms with Gasteiger partial charge in [-0.3, -0.25) is 4.79 Å². The summed E-state index contributed by atoms with van der Waals surface area (Å²) in [4.78, 5) is 14.6. The van der Waals surface area contributed by atoms with E-state index < -0.39 is 0 Å². The fraction of sp³-hybridized carbons (Fsp3) is 0.375. The number of hydrogen-bond donors (Lipinski definition) is 1. The van der Waals surface area contributed by atoms with Crippen molar-refractivity contribution in [1.29, 1.82) is 0 Å².